The van der Waals surface area contributed by atoms with Gasteiger partial charge in [0.1, 0.15) is 0 Å². The van der Waals surface area contributed by atoms with E-state index in [2.05, 4.69) is 5.32 Å². The van der Waals surface area contributed by atoms with Gasteiger partial charge in [-0.2, -0.15) is 0 Å². The summed E-state index contributed by atoms with van der Waals surface area (Å²) in [5.74, 6) is -0.994. The number of rotatable bonds is 10. The number of carboxylic acid groups (broad SMARTS) is 1. The van der Waals surface area contributed by atoms with E-state index in [4.69, 9.17) is 21.1 Å². The lowest BCUT2D eigenvalue weighted by Crippen LogP contribution is -2.29. The van der Waals surface area contributed by atoms with Crippen LogP contribution in [0.2, 0.25) is 5.02 Å². The van der Waals surface area contributed by atoms with Gasteiger partial charge >= 0.3 is 12.1 Å². The van der Waals surface area contributed by atoms with Crippen molar-refractivity contribution in [3.05, 3.63) is 70.2 Å². The minimum absolute atomic E-state index is 0.177. The monoisotopic (exact) mass is 419 g/mol. The van der Waals surface area contributed by atoms with Crippen molar-refractivity contribution in [2.45, 2.75) is 45.4 Å². The summed E-state index contributed by atoms with van der Waals surface area (Å²) < 4.78 is 10.6. The molecular formula is C22H26ClNO5. The van der Waals surface area contributed by atoms with Crippen LogP contribution in [0.5, 0.6) is 0 Å². The molecule has 29 heavy (non-hydrogen) atoms. The van der Waals surface area contributed by atoms with Gasteiger partial charge in [-0.15, -0.1) is 0 Å². The minimum Gasteiger partial charge on any atom is -0.479 e. The number of aliphatic carboxylic acids is 1. The second-order valence-corrected chi connectivity index (χ2v) is 7.34. The fourth-order valence-corrected chi connectivity index (χ4v) is 2.87. The maximum Gasteiger partial charge on any atom is 0.407 e. The number of hydrogen-bond donors (Lipinski definition) is 2. The van der Waals surface area contributed by atoms with Crippen molar-refractivity contribution in [1.82, 2.24) is 5.32 Å². The molecule has 0 aliphatic carbocycles. The van der Waals surface area contributed by atoms with Gasteiger partial charge in [0.05, 0.1) is 12.7 Å². The zero-order chi connectivity index (χ0) is 21.2. The maximum absolute atomic E-state index is 11.9. The topological polar surface area (TPSA) is 84.9 Å². The van der Waals surface area contributed by atoms with E-state index in [1.807, 2.05) is 36.4 Å². The number of amides is 1. The Hall–Kier alpha value is -2.57. The van der Waals surface area contributed by atoms with Crippen LogP contribution in [0.3, 0.4) is 0 Å². The molecule has 1 amide bonds. The van der Waals surface area contributed by atoms with Crippen molar-refractivity contribution in [3.63, 3.8) is 0 Å². The molecule has 0 spiro atoms. The molecular weight excluding hydrogens is 394 g/mol. The fourth-order valence-electron chi connectivity index (χ4n) is 2.74. The summed E-state index contributed by atoms with van der Waals surface area (Å²) in [7, 11) is 0. The summed E-state index contributed by atoms with van der Waals surface area (Å²) in [6.45, 7) is 4.15. The van der Waals surface area contributed by atoms with Gasteiger partial charge in [0.2, 0.25) is 0 Å². The average Bonchev–Trinajstić information content (AvgIpc) is 2.67. The van der Waals surface area contributed by atoms with Gasteiger partial charge in [-0.1, -0.05) is 48.0 Å². The molecule has 0 aromatic heterocycles. The predicted octanol–water partition coefficient (Wildman–Crippen LogP) is 4.23. The lowest BCUT2D eigenvalue weighted by atomic mass is 10.0. The highest BCUT2D eigenvalue weighted by Crippen LogP contribution is 2.12. The highest BCUT2D eigenvalue weighted by molar-refractivity contribution is 6.30. The Labute approximate surface area is 175 Å². The predicted molar refractivity (Wildman–Crippen MR) is 111 cm³/mol. The molecule has 2 rings (SSSR count). The number of carbonyl (C=O) groups is 2. The van der Waals surface area contributed by atoms with E-state index in [9.17, 15) is 14.7 Å². The summed E-state index contributed by atoms with van der Waals surface area (Å²) in [4.78, 5) is 23.2. The van der Waals surface area contributed by atoms with Crippen LogP contribution in [-0.4, -0.2) is 36.0 Å². The van der Waals surface area contributed by atoms with Crippen molar-refractivity contribution < 1.29 is 24.2 Å². The van der Waals surface area contributed by atoms with E-state index in [0.717, 1.165) is 16.7 Å². The molecule has 1 unspecified atom stereocenters. The third kappa shape index (κ3) is 8.54. The Bertz CT molecular complexity index is 807. The number of alkyl carbamates (subject to hydrolysis) is 1. The van der Waals surface area contributed by atoms with Crippen molar-refractivity contribution in [2.75, 3.05) is 6.61 Å². The van der Waals surface area contributed by atoms with Gasteiger partial charge < -0.3 is 19.9 Å². The van der Waals surface area contributed by atoms with Crippen LogP contribution in [-0.2, 0) is 33.7 Å². The van der Waals surface area contributed by atoms with Crippen LogP contribution in [0.15, 0.2) is 48.5 Å². The van der Waals surface area contributed by atoms with Gasteiger partial charge in [0.15, 0.2) is 6.10 Å². The van der Waals surface area contributed by atoms with E-state index < -0.39 is 18.2 Å². The smallest absolute Gasteiger partial charge is 0.407 e. The Balaban J connectivity index is 1.79. The third-order valence-corrected chi connectivity index (χ3v) is 4.35. The van der Waals surface area contributed by atoms with Gasteiger partial charge in [-0.25, -0.2) is 9.59 Å². The van der Waals surface area contributed by atoms with E-state index in [1.54, 1.807) is 26.0 Å². The standard InChI is InChI=1S/C22H26ClNO5/c1-15(2)29-20(21(25)26)13-17-4-3-5-18(12-17)14-24-22(27)28-11-10-16-6-8-19(23)9-7-16/h3-9,12,15,20H,10-11,13-14H2,1-2H3,(H,24,27)(H,25,26). The molecule has 1 atom stereocenters. The first kappa shape index (κ1) is 22.7. The number of benzene rings is 2. The Kier molecular flexibility index (Phi) is 8.96. The molecule has 0 fully saturated rings. The lowest BCUT2D eigenvalue weighted by Gasteiger charge is -2.17. The van der Waals surface area contributed by atoms with Gasteiger partial charge in [0, 0.05) is 24.4 Å². The summed E-state index contributed by atoms with van der Waals surface area (Å²) in [5.41, 5.74) is 2.71. The third-order valence-electron chi connectivity index (χ3n) is 4.10. The number of nitrogens with one attached hydrogen (secondary N) is 1. The van der Waals surface area contributed by atoms with Crippen molar-refractivity contribution in [1.29, 1.82) is 0 Å². The highest BCUT2D eigenvalue weighted by Gasteiger charge is 2.20. The van der Waals surface area contributed by atoms with Crippen molar-refractivity contribution >= 4 is 23.7 Å². The van der Waals surface area contributed by atoms with Crippen LogP contribution >= 0.6 is 11.6 Å². The molecule has 7 heteroatoms. The molecule has 0 radical (unpaired) electrons. The SMILES string of the molecule is CC(C)OC(Cc1cccc(CNC(=O)OCCc2ccc(Cl)cc2)c1)C(=O)O. The summed E-state index contributed by atoms with van der Waals surface area (Å²) in [6, 6.07) is 14.8. The maximum atomic E-state index is 11.9. The molecule has 0 saturated heterocycles. The molecule has 2 aromatic carbocycles. The van der Waals surface area contributed by atoms with Gasteiger partial charge in [-0.3, -0.25) is 0 Å². The number of hydrogen-bond acceptors (Lipinski definition) is 4. The molecule has 2 N–H and O–H groups in total. The molecule has 2 aromatic rings. The van der Waals surface area contributed by atoms with Gasteiger partial charge in [-0.05, 0) is 42.7 Å². The van der Waals surface area contributed by atoms with Crippen molar-refractivity contribution in [3.8, 4) is 0 Å². The summed E-state index contributed by atoms with van der Waals surface area (Å²) in [5, 5.41) is 12.7. The van der Waals surface area contributed by atoms with E-state index in [1.165, 1.54) is 0 Å². The highest BCUT2D eigenvalue weighted by atomic mass is 35.5. The van der Waals surface area contributed by atoms with Crippen LogP contribution in [0.4, 0.5) is 4.79 Å². The Morgan fingerprint density at radius 1 is 1.07 bits per heavy atom. The molecule has 0 aliphatic heterocycles. The van der Waals surface area contributed by atoms with Crippen molar-refractivity contribution in [2.24, 2.45) is 0 Å². The largest absolute Gasteiger partial charge is 0.479 e. The quantitative estimate of drug-likeness (QED) is 0.602. The number of carboxylic acids is 1. The second-order valence-electron chi connectivity index (χ2n) is 6.90. The molecule has 156 valence electrons. The number of carbonyl (C=O) groups excluding carboxylic acids is 1. The number of ether oxygens (including phenoxy) is 2. The first-order valence-corrected chi connectivity index (χ1v) is 9.82. The Morgan fingerprint density at radius 3 is 2.41 bits per heavy atom. The first-order chi connectivity index (χ1) is 13.8. The molecule has 0 heterocycles. The molecule has 6 nitrogen and oxygen atoms in total. The second kappa shape index (κ2) is 11.4. The molecule has 0 bridgehead atoms. The normalized spacial score (nSPS) is 11.9. The van der Waals surface area contributed by atoms with Crippen LogP contribution in [0.25, 0.3) is 0 Å². The molecule has 0 saturated carbocycles. The Morgan fingerprint density at radius 2 is 1.76 bits per heavy atom. The van der Waals surface area contributed by atoms with E-state index >= 15 is 0 Å². The first-order valence-electron chi connectivity index (χ1n) is 9.44. The summed E-state index contributed by atoms with van der Waals surface area (Å²) >= 11 is 5.84. The summed E-state index contributed by atoms with van der Waals surface area (Å²) in [6.07, 6.45) is -0.727. The zero-order valence-corrected chi connectivity index (χ0v) is 17.3. The van der Waals surface area contributed by atoms with E-state index in [0.29, 0.717) is 11.4 Å². The molecule has 0 aliphatic rings. The van der Waals surface area contributed by atoms with Gasteiger partial charge in [0.25, 0.3) is 0 Å². The minimum atomic E-state index is -0.994. The average molecular weight is 420 g/mol. The lowest BCUT2D eigenvalue weighted by molar-refractivity contribution is -0.153. The fraction of sp³-hybridized carbons (Fsp3) is 0.364. The zero-order valence-electron chi connectivity index (χ0n) is 16.6. The van der Waals surface area contributed by atoms with Crippen LogP contribution < -0.4 is 5.32 Å². The number of halogens is 1. The van der Waals surface area contributed by atoms with E-state index in [-0.39, 0.29) is 25.7 Å². The van der Waals surface area contributed by atoms with Crippen LogP contribution in [0, 0.1) is 0 Å². The van der Waals surface area contributed by atoms with Crippen LogP contribution in [0.1, 0.15) is 30.5 Å².